The van der Waals surface area contributed by atoms with E-state index in [2.05, 4.69) is 0 Å². The average Bonchev–Trinajstić information content (AvgIpc) is 3.24. The lowest BCUT2D eigenvalue weighted by Gasteiger charge is -2.30. The standard InChI is InChI=1S/C28H35N5O6/c1-27(2,3)38-25(36)32(13-14-34)11-12-33(26(37)39-28(4,5)6)23-8-10-31-9-7-22(24(31)30-23)20-15-19(18-29)16-21(35)17-20/h7-10,15-17,34-35H,11-14H2,1-6H3. The van der Waals surface area contributed by atoms with E-state index in [-0.39, 0.29) is 37.8 Å². The molecule has 2 heterocycles. The van der Waals surface area contributed by atoms with Crippen LogP contribution in [-0.2, 0) is 9.47 Å². The summed E-state index contributed by atoms with van der Waals surface area (Å²) < 4.78 is 12.8. The van der Waals surface area contributed by atoms with Crippen LogP contribution in [0.15, 0.2) is 42.7 Å². The summed E-state index contributed by atoms with van der Waals surface area (Å²) >= 11 is 0. The number of aromatic hydroxyl groups is 1. The van der Waals surface area contributed by atoms with Gasteiger partial charge in [-0.15, -0.1) is 0 Å². The third-order valence-corrected chi connectivity index (χ3v) is 5.36. The van der Waals surface area contributed by atoms with Crippen LogP contribution in [0.2, 0.25) is 0 Å². The predicted molar refractivity (Wildman–Crippen MR) is 145 cm³/mol. The van der Waals surface area contributed by atoms with Gasteiger partial charge in [-0.1, -0.05) is 0 Å². The SMILES string of the molecule is CC(C)(C)OC(=O)N(CCO)CCN(C(=O)OC(C)(C)C)c1ccn2ccc(-c3cc(O)cc(C#N)c3)c2n1. The summed E-state index contributed by atoms with van der Waals surface area (Å²) in [6, 6.07) is 10.0. The number of rotatable bonds is 7. The van der Waals surface area contributed by atoms with E-state index < -0.39 is 23.4 Å². The lowest BCUT2D eigenvalue weighted by atomic mass is 10.1. The molecule has 39 heavy (non-hydrogen) atoms. The number of hydrogen-bond donors (Lipinski definition) is 2. The summed E-state index contributed by atoms with van der Waals surface area (Å²) in [5.41, 5.74) is 0.484. The molecule has 1 aromatic carbocycles. The van der Waals surface area contributed by atoms with Crippen molar-refractivity contribution in [2.75, 3.05) is 31.1 Å². The maximum absolute atomic E-state index is 13.3. The molecule has 0 bridgehead atoms. The van der Waals surface area contributed by atoms with Crippen molar-refractivity contribution in [2.45, 2.75) is 52.7 Å². The second kappa shape index (κ2) is 11.6. The number of aliphatic hydroxyl groups excluding tert-OH is 1. The van der Waals surface area contributed by atoms with Crippen LogP contribution in [0.25, 0.3) is 16.8 Å². The van der Waals surface area contributed by atoms with E-state index in [0.717, 1.165) is 0 Å². The van der Waals surface area contributed by atoms with Gasteiger partial charge in [0.15, 0.2) is 0 Å². The zero-order chi connectivity index (χ0) is 29.0. The van der Waals surface area contributed by atoms with Crippen molar-refractivity contribution >= 4 is 23.7 Å². The minimum atomic E-state index is -0.787. The normalized spacial score (nSPS) is 11.6. The second-order valence-corrected chi connectivity index (χ2v) is 10.9. The third kappa shape index (κ3) is 7.85. The van der Waals surface area contributed by atoms with E-state index in [1.165, 1.54) is 21.9 Å². The van der Waals surface area contributed by atoms with Gasteiger partial charge in [-0.05, 0) is 77.4 Å². The second-order valence-electron chi connectivity index (χ2n) is 10.9. The molecule has 3 aromatic rings. The molecule has 2 aromatic heterocycles. The van der Waals surface area contributed by atoms with E-state index in [1.807, 2.05) is 6.07 Å². The molecule has 2 N–H and O–H groups in total. The fourth-order valence-corrected chi connectivity index (χ4v) is 3.76. The summed E-state index contributed by atoms with van der Waals surface area (Å²) in [6.07, 6.45) is 2.23. The van der Waals surface area contributed by atoms with Gasteiger partial charge < -0.3 is 29.0 Å². The van der Waals surface area contributed by atoms with Gasteiger partial charge in [0.2, 0.25) is 0 Å². The molecule has 0 aliphatic rings. The Morgan fingerprint density at radius 1 is 0.974 bits per heavy atom. The maximum Gasteiger partial charge on any atom is 0.416 e. The van der Waals surface area contributed by atoms with Crippen LogP contribution in [0, 0.1) is 11.3 Å². The summed E-state index contributed by atoms with van der Waals surface area (Å²) in [5.74, 6) is 0.214. The topological polar surface area (TPSA) is 141 Å². The number of fused-ring (bicyclic) bond motifs is 1. The molecule has 0 radical (unpaired) electrons. The summed E-state index contributed by atoms with van der Waals surface area (Å²) in [7, 11) is 0. The molecule has 0 aliphatic carbocycles. The Morgan fingerprint density at radius 2 is 1.62 bits per heavy atom. The number of anilines is 1. The molecular formula is C28H35N5O6. The number of phenolic OH excluding ortho intramolecular Hbond substituents is 1. The quantitative estimate of drug-likeness (QED) is 0.447. The number of amides is 2. The molecule has 0 spiro atoms. The zero-order valence-corrected chi connectivity index (χ0v) is 23.1. The van der Waals surface area contributed by atoms with Gasteiger partial charge in [0.25, 0.3) is 0 Å². The molecule has 0 saturated carbocycles. The van der Waals surface area contributed by atoms with E-state index in [9.17, 15) is 25.1 Å². The van der Waals surface area contributed by atoms with Gasteiger partial charge in [0.1, 0.15) is 28.4 Å². The Morgan fingerprint density at radius 3 is 2.23 bits per heavy atom. The highest BCUT2D eigenvalue weighted by molar-refractivity contribution is 5.88. The fraction of sp³-hybridized carbons (Fsp3) is 0.429. The van der Waals surface area contributed by atoms with Gasteiger partial charge in [0, 0.05) is 37.6 Å². The number of nitriles is 1. The first-order valence-electron chi connectivity index (χ1n) is 12.5. The van der Waals surface area contributed by atoms with Crippen molar-refractivity contribution in [3.63, 3.8) is 0 Å². The molecule has 0 saturated heterocycles. The molecule has 208 valence electrons. The number of benzene rings is 1. The number of phenols is 1. The highest BCUT2D eigenvalue weighted by Crippen LogP contribution is 2.30. The molecule has 0 fully saturated rings. The van der Waals surface area contributed by atoms with Crippen LogP contribution >= 0.6 is 0 Å². The number of hydrogen-bond acceptors (Lipinski definition) is 8. The number of carbonyl (C=O) groups excluding carboxylic acids is 2. The zero-order valence-electron chi connectivity index (χ0n) is 23.1. The monoisotopic (exact) mass is 537 g/mol. The van der Waals surface area contributed by atoms with Crippen LogP contribution in [0.4, 0.5) is 15.4 Å². The minimum absolute atomic E-state index is 0.0120. The molecule has 0 aliphatic heterocycles. The first-order valence-corrected chi connectivity index (χ1v) is 12.5. The third-order valence-electron chi connectivity index (χ3n) is 5.36. The smallest absolute Gasteiger partial charge is 0.416 e. The van der Waals surface area contributed by atoms with Crippen molar-refractivity contribution in [3.05, 3.63) is 48.3 Å². The van der Waals surface area contributed by atoms with Crippen LogP contribution in [0.5, 0.6) is 5.75 Å². The minimum Gasteiger partial charge on any atom is -0.508 e. The average molecular weight is 538 g/mol. The van der Waals surface area contributed by atoms with Crippen LogP contribution in [0.1, 0.15) is 47.1 Å². The Hall–Kier alpha value is -4.30. The molecule has 11 nitrogen and oxygen atoms in total. The largest absolute Gasteiger partial charge is 0.508 e. The summed E-state index contributed by atoms with van der Waals surface area (Å²) in [4.78, 5) is 33.4. The molecular weight excluding hydrogens is 502 g/mol. The Kier molecular flexibility index (Phi) is 8.71. The number of aliphatic hydroxyl groups is 1. The van der Waals surface area contributed by atoms with Crippen molar-refractivity contribution in [1.82, 2.24) is 14.3 Å². The van der Waals surface area contributed by atoms with Crippen LogP contribution < -0.4 is 4.90 Å². The van der Waals surface area contributed by atoms with Crippen LogP contribution in [-0.4, -0.2) is 74.1 Å². The Balaban J connectivity index is 2.00. The van der Waals surface area contributed by atoms with E-state index in [0.29, 0.717) is 22.3 Å². The first-order chi connectivity index (χ1) is 18.2. The Bertz CT molecular complexity index is 1380. The molecule has 3 rings (SSSR count). The highest BCUT2D eigenvalue weighted by atomic mass is 16.6. The predicted octanol–water partition coefficient (Wildman–Crippen LogP) is 4.55. The van der Waals surface area contributed by atoms with E-state index in [4.69, 9.17) is 14.5 Å². The van der Waals surface area contributed by atoms with Gasteiger partial charge >= 0.3 is 12.2 Å². The van der Waals surface area contributed by atoms with Gasteiger partial charge in [-0.2, -0.15) is 5.26 Å². The van der Waals surface area contributed by atoms with Gasteiger partial charge in [-0.25, -0.2) is 14.6 Å². The molecule has 0 unspecified atom stereocenters. The molecule has 2 amide bonds. The highest BCUT2D eigenvalue weighted by Gasteiger charge is 2.28. The van der Waals surface area contributed by atoms with Crippen molar-refractivity contribution in [3.8, 4) is 22.9 Å². The molecule has 0 atom stereocenters. The molecule has 11 heteroatoms. The lowest BCUT2D eigenvalue weighted by molar-refractivity contribution is 0.0218. The summed E-state index contributed by atoms with van der Waals surface area (Å²) in [6.45, 7) is 10.3. The number of aromatic nitrogens is 2. The lowest BCUT2D eigenvalue weighted by Crippen LogP contribution is -2.45. The Labute approximate surface area is 227 Å². The van der Waals surface area contributed by atoms with Crippen molar-refractivity contribution in [2.24, 2.45) is 0 Å². The first kappa shape index (κ1) is 29.3. The number of carbonyl (C=O) groups is 2. The summed E-state index contributed by atoms with van der Waals surface area (Å²) in [5, 5.41) is 28.9. The number of ether oxygens (including phenoxy) is 2. The van der Waals surface area contributed by atoms with Crippen molar-refractivity contribution in [1.29, 1.82) is 5.26 Å². The van der Waals surface area contributed by atoms with Gasteiger partial charge in [-0.3, -0.25) is 4.90 Å². The van der Waals surface area contributed by atoms with Crippen LogP contribution in [0.3, 0.4) is 0 Å². The van der Waals surface area contributed by atoms with E-state index in [1.54, 1.807) is 76.5 Å². The van der Waals surface area contributed by atoms with E-state index >= 15 is 0 Å². The van der Waals surface area contributed by atoms with Crippen molar-refractivity contribution < 1.29 is 29.3 Å². The van der Waals surface area contributed by atoms with Gasteiger partial charge in [0.05, 0.1) is 18.2 Å². The maximum atomic E-state index is 13.3. The fourth-order valence-electron chi connectivity index (χ4n) is 3.76. The number of nitrogens with zero attached hydrogens (tertiary/aromatic N) is 5.